The fraction of sp³-hybridized carbons (Fsp3) is 0. The van der Waals surface area contributed by atoms with Gasteiger partial charge in [-0.15, -0.1) is 11.3 Å². The van der Waals surface area contributed by atoms with Crippen molar-refractivity contribution in [2.75, 3.05) is 0 Å². The van der Waals surface area contributed by atoms with Gasteiger partial charge in [0.25, 0.3) is 0 Å². The van der Waals surface area contributed by atoms with Crippen molar-refractivity contribution in [3.63, 3.8) is 0 Å². The Kier molecular flexibility index (Phi) is 2.18. The third kappa shape index (κ3) is 1.49. The molecule has 0 fully saturated rings. The molecule has 0 saturated heterocycles. The third-order valence-corrected chi connectivity index (χ3v) is 3.48. The number of rotatable bonds is 1. The first kappa shape index (κ1) is 9.48. The average molecular weight is 229 g/mol. The summed E-state index contributed by atoms with van der Waals surface area (Å²) in [6.07, 6.45) is 1.50. The van der Waals surface area contributed by atoms with Gasteiger partial charge in [-0.1, -0.05) is 18.2 Å². The molecular formula is C13H8FNS. The second kappa shape index (κ2) is 3.68. The summed E-state index contributed by atoms with van der Waals surface area (Å²) in [6, 6.07) is 11.4. The van der Waals surface area contributed by atoms with Gasteiger partial charge in [-0.25, -0.2) is 4.98 Å². The third-order valence-electron chi connectivity index (χ3n) is 2.52. The zero-order chi connectivity index (χ0) is 11.0. The number of hydrogen-bond acceptors (Lipinski definition) is 2. The van der Waals surface area contributed by atoms with Crippen molar-refractivity contribution in [2.24, 2.45) is 0 Å². The normalized spacial score (nSPS) is 10.8. The maximum Gasteiger partial charge on any atom is 0.213 e. The van der Waals surface area contributed by atoms with Gasteiger partial charge in [0, 0.05) is 17.0 Å². The summed E-state index contributed by atoms with van der Waals surface area (Å²) in [6.45, 7) is 0. The number of aromatic nitrogens is 1. The van der Waals surface area contributed by atoms with Crippen LogP contribution < -0.4 is 0 Å². The Morgan fingerprint density at radius 1 is 1.12 bits per heavy atom. The molecule has 0 N–H and O–H groups in total. The van der Waals surface area contributed by atoms with Gasteiger partial charge < -0.3 is 0 Å². The Hall–Kier alpha value is -1.74. The maximum atomic E-state index is 13.1. The number of halogens is 1. The lowest BCUT2D eigenvalue weighted by atomic mass is 10.1. The summed E-state index contributed by atoms with van der Waals surface area (Å²) >= 11 is 1.67. The lowest BCUT2D eigenvalue weighted by Crippen LogP contribution is -1.83. The molecule has 2 aromatic heterocycles. The van der Waals surface area contributed by atoms with Gasteiger partial charge in [-0.05, 0) is 34.0 Å². The largest absolute Gasteiger partial charge is 0.228 e. The van der Waals surface area contributed by atoms with E-state index in [-0.39, 0.29) is 0 Å². The molecule has 1 nitrogen and oxygen atoms in total. The first-order valence-corrected chi connectivity index (χ1v) is 5.81. The SMILES string of the molecule is Fc1cc(-c2cccc3ccsc23)ccn1. The number of fused-ring (bicyclic) bond motifs is 1. The molecule has 78 valence electrons. The van der Waals surface area contributed by atoms with Crippen LogP contribution >= 0.6 is 11.3 Å². The van der Waals surface area contributed by atoms with E-state index in [9.17, 15) is 4.39 Å². The van der Waals surface area contributed by atoms with E-state index < -0.39 is 5.95 Å². The summed E-state index contributed by atoms with van der Waals surface area (Å²) in [5.74, 6) is -0.439. The first-order valence-electron chi connectivity index (χ1n) is 4.93. The minimum absolute atomic E-state index is 0.439. The van der Waals surface area contributed by atoms with E-state index in [0.29, 0.717) is 0 Å². The van der Waals surface area contributed by atoms with Gasteiger partial charge in [-0.3, -0.25) is 0 Å². The number of thiophene rings is 1. The van der Waals surface area contributed by atoms with Gasteiger partial charge in [0.2, 0.25) is 5.95 Å². The van der Waals surface area contributed by atoms with Crippen molar-refractivity contribution < 1.29 is 4.39 Å². The number of hydrogen-bond donors (Lipinski definition) is 0. The molecule has 1 aromatic carbocycles. The molecule has 3 heteroatoms. The minimum atomic E-state index is -0.439. The van der Waals surface area contributed by atoms with Crippen LogP contribution in [0.25, 0.3) is 21.2 Å². The molecule has 0 amide bonds. The Bertz CT molecular complexity index is 645. The van der Waals surface area contributed by atoms with Gasteiger partial charge in [-0.2, -0.15) is 4.39 Å². The quantitative estimate of drug-likeness (QED) is 0.572. The van der Waals surface area contributed by atoms with E-state index in [1.807, 2.05) is 23.6 Å². The number of benzene rings is 1. The molecule has 0 spiro atoms. The van der Waals surface area contributed by atoms with Crippen LogP contribution in [0.2, 0.25) is 0 Å². The van der Waals surface area contributed by atoms with E-state index in [4.69, 9.17) is 0 Å². The van der Waals surface area contributed by atoms with E-state index in [0.717, 1.165) is 11.1 Å². The van der Waals surface area contributed by atoms with Crippen molar-refractivity contribution in [2.45, 2.75) is 0 Å². The number of nitrogens with zero attached hydrogens (tertiary/aromatic N) is 1. The Labute approximate surface area is 96.2 Å². The average Bonchev–Trinajstić information content (AvgIpc) is 2.76. The molecule has 3 aromatic rings. The monoisotopic (exact) mass is 229 g/mol. The molecule has 0 unspecified atom stereocenters. The first-order chi connectivity index (χ1) is 7.84. The van der Waals surface area contributed by atoms with E-state index >= 15 is 0 Å². The van der Waals surface area contributed by atoms with Gasteiger partial charge in [0.1, 0.15) is 0 Å². The predicted molar refractivity (Wildman–Crippen MR) is 65.0 cm³/mol. The predicted octanol–water partition coefficient (Wildman–Crippen LogP) is 4.10. The van der Waals surface area contributed by atoms with E-state index in [1.165, 1.54) is 22.3 Å². The molecule has 0 aliphatic heterocycles. The van der Waals surface area contributed by atoms with Crippen LogP contribution in [0, 0.1) is 5.95 Å². The van der Waals surface area contributed by atoms with Gasteiger partial charge in [0.15, 0.2) is 0 Å². The highest BCUT2D eigenvalue weighted by Crippen LogP contribution is 2.32. The summed E-state index contributed by atoms with van der Waals surface area (Å²) in [4.78, 5) is 3.57. The summed E-state index contributed by atoms with van der Waals surface area (Å²) in [7, 11) is 0. The molecule has 16 heavy (non-hydrogen) atoms. The zero-order valence-corrected chi connectivity index (χ0v) is 9.17. The van der Waals surface area contributed by atoms with Crippen molar-refractivity contribution in [1.29, 1.82) is 0 Å². The van der Waals surface area contributed by atoms with Crippen molar-refractivity contribution in [1.82, 2.24) is 4.98 Å². The molecule has 3 rings (SSSR count). The molecule has 0 saturated carbocycles. The lowest BCUT2D eigenvalue weighted by Gasteiger charge is -2.02. The van der Waals surface area contributed by atoms with Crippen LogP contribution in [0.5, 0.6) is 0 Å². The van der Waals surface area contributed by atoms with Crippen LogP contribution in [-0.2, 0) is 0 Å². The van der Waals surface area contributed by atoms with Crippen LogP contribution in [0.15, 0.2) is 48.0 Å². The van der Waals surface area contributed by atoms with Crippen LogP contribution in [0.3, 0.4) is 0 Å². The second-order valence-electron chi connectivity index (χ2n) is 3.51. The van der Waals surface area contributed by atoms with Crippen LogP contribution in [-0.4, -0.2) is 4.98 Å². The fourth-order valence-corrected chi connectivity index (χ4v) is 2.73. The molecule has 0 atom stereocenters. The molecule has 0 radical (unpaired) electrons. The fourth-order valence-electron chi connectivity index (χ4n) is 1.79. The van der Waals surface area contributed by atoms with E-state index in [1.54, 1.807) is 11.3 Å². The number of pyridine rings is 1. The second-order valence-corrected chi connectivity index (χ2v) is 4.43. The van der Waals surface area contributed by atoms with E-state index in [2.05, 4.69) is 17.1 Å². The minimum Gasteiger partial charge on any atom is -0.228 e. The topological polar surface area (TPSA) is 12.9 Å². The van der Waals surface area contributed by atoms with Crippen molar-refractivity contribution in [3.05, 3.63) is 53.9 Å². The Morgan fingerprint density at radius 3 is 2.94 bits per heavy atom. The highest BCUT2D eigenvalue weighted by molar-refractivity contribution is 7.17. The maximum absolute atomic E-state index is 13.1. The summed E-state index contributed by atoms with van der Waals surface area (Å²) < 4.78 is 14.3. The smallest absolute Gasteiger partial charge is 0.213 e. The Balaban J connectivity index is 2.29. The zero-order valence-electron chi connectivity index (χ0n) is 8.35. The van der Waals surface area contributed by atoms with Crippen LogP contribution in [0.4, 0.5) is 4.39 Å². The highest BCUT2D eigenvalue weighted by atomic mass is 32.1. The lowest BCUT2D eigenvalue weighted by molar-refractivity contribution is 0.584. The van der Waals surface area contributed by atoms with Crippen molar-refractivity contribution in [3.8, 4) is 11.1 Å². The van der Waals surface area contributed by atoms with Gasteiger partial charge >= 0.3 is 0 Å². The molecule has 2 heterocycles. The van der Waals surface area contributed by atoms with Crippen molar-refractivity contribution >= 4 is 21.4 Å². The van der Waals surface area contributed by atoms with Crippen LogP contribution in [0.1, 0.15) is 0 Å². The summed E-state index contributed by atoms with van der Waals surface area (Å²) in [5, 5.41) is 3.24. The standard InChI is InChI=1S/C13H8FNS/c14-12-8-10(4-6-15-12)11-3-1-2-9-5-7-16-13(9)11/h1-8H. The molecular weight excluding hydrogens is 221 g/mol. The summed E-state index contributed by atoms with van der Waals surface area (Å²) in [5.41, 5.74) is 1.94. The Morgan fingerprint density at radius 2 is 2.06 bits per heavy atom. The van der Waals surface area contributed by atoms with Gasteiger partial charge in [0.05, 0.1) is 0 Å². The highest BCUT2D eigenvalue weighted by Gasteiger charge is 2.05. The molecule has 0 aliphatic carbocycles. The molecule has 0 aliphatic rings. The molecule has 0 bridgehead atoms.